The number of aryl methyl sites for hydroxylation is 2. The lowest BCUT2D eigenvalue weighted by Gasteiger charge is -2.42. The molecule has 2 aliphatic rings. The van der Waals surface area contributed by atoms with E-state index >= 15 is 0 Å². The Hall–Kier alpha value is -1.29. The fraction of sp³-hybridized carbons (Fsp3) is 0.615. The number of hydrogen-bond donors (Lipinski definition) is 1. The number of nitrogens with zero attached hydrogens (tertiary/aromatic N) is 1. The molecule has 92 valence electrons. The van der Waals surface area contributed by atoms with Gasteiger partial charge < -0.3 is 15.1 Å². The van der Waals surface area contributed by atoms with Crippen LogP contribution in [-0.4, -0.2) is 23.4 Å². The molecule has 1 amide bonds. The molecule has 2 unspecified atom stereocenters. The summed E-state index contributed by atoms with van der Waals surface area (Å²) in [6, 6.07) is 0.0832. The monoisotopic (exact) mass is 234 g/mol. The number of nitrogens with two attached hydrogens (primary N) is 1. The van der Waals surface area contributed by atoms with E-state index in [1.54, 1.807) is 0 Å². The Bertz CT molecular complexity index is 478. The second-order valence-electron chi connectivity index (χ2n) is 5.09. The summed E-state index contributed by atoms with van der Waals surface area (Å²) in [7, 11) is 0. The van der Waals surface area contributed by atoms with E-state index in [-0.39, 0.29) is 18.0 Å². The number of carbonyl (C=O) groups excluding carboxylic acids is 1. The lowest BCUT2D eigenvalue weighted by atomic mass is 9.84. The highest BCUT2D eigenvalue weighted by Crippen LogP contribution is 2.40. The summed E-state index contributed by atoms with van der Waals surface area (Å²) in [4.78, 5) is 13.9. The van der Waals surface area contributed by atoms with Gasteiger partial charge in [-0.1, -0.05) is 0 Å². The Morgan fingerprint density at radius 1 is 1.29 bits per heavy atom. The maximum atomic E-state index is 11.9. The third kappa shape index (κ3) is 1.43. The number of rotatable bonds is 0. The average Bonchev–Trinajstić information content (AvgIpc) is 2.60. The molecule has 0 aliphatic carbocycles. The Balaban J connectivity index is 2.12. The van der Waals surface area contributed by atoms with Crippen LogP contribution in [0.5, 0.6) is 0 Å². The van der Waals surface area contributed by atoms with E-state index in [1.807, 2.05) is 18.7 Å². The standard InChI is InChI=1S/C13H18N2O2/c1-7-9-5-6-15-11(16)4-3-10(14)13(15)12(9)8(2)17-7/h10,13H,3-6,14H2,1-2H3. The van der Waals surface area contributed by atoms with Gasteiger partial charge in [0.05, 0.1) is 6.04 Å². The Kier molecular flexibility index (Phi) is 2.30. The second kappa shape index (κ2) is 3.60. The molecule has 2 N–H and O–H groups in total. The summed E-state index contributed by atoms with van der Waals surface area (Å²) in [5, 5.41) is 0. The molecule has 4 heteroatoms. The van der Waals surface area contributed by atoms with Crippen LogP contribution in [-0.2, 0) is 11.2 Å². The van der Waals surface area contributed by atoms with Gasteiger partial charge in [-0.25, -0.2) is 0 Å². The van der Waals surface area contributed by atoms with Crippen molar-refractivity contribution in [2.75, 3.05) is 6.54 Å². The van der Waals surface area contributed by atoms with Crippen molar-refractivity contribution in [1.82, 2.24) is 4.90 Å². The van der Waals surface area contributed by atoms with Crippen molar-refractivity contribution < 1.29 is 9.21 Å². The lowest BCUT2D eigenvalue weighted by molar-refractivity contribution is -0.137. The summed E-state index contributed by atoms with van der Waals surface area (Å²) >= 11 is 0. The number of fused-ring (bicyclic) bond motifs is 3. The normalized spacial score (nSPS) is 27.9. The van der Waals surface area contributed by atoms with Crippen LogP contribution < -0.4 is 5.73 Å². The molecule has 1 fully saturated rings. The summed E-state index contributed by atoms with van der Waals surface area (Å²) in [5.41, 5.74) is 8.66. The molecule has 1 saturated heterocycles. The van der Waals surface area contributed by atoms with Gasteiger partial charge in [-0.15, -0.1) is 0 Å². The van der Waals surface area contributed by atoms with Crippen LogP contribution in [0.3, 0.4) is 0 Å². The number of piperidine rings is 1. The molecule has 4 nitrogen and oxygen atoms in total. The number of hydrogen-bond acceptors (Lipinski definition) is 3. The van der Waals surface area contributed by atoms with Crippen LogP contribution in [0.25, 0.3) is 0 Å². The maximum absolute atomic E-state index is 11.9. The minimum absolute atomic E-state index is 0.0393. The first kappa shape index (κ1) is 10.8. The molecule has 1 aromatic rings. The zero-order chi connectivity index (χ0) is 12.2. The van der Waals surface area contributed by atoms with Gasteiger partial charge in [-0.3, -0.25) is 4.79 Å². The van der Waals surface area contributed by atoms with Crippen LogP contribution in [0.4, 0.5) is 0 Å². The van der Waals surface area contributed by atoms with Crippen molar-refractivity contribution in [3.63, 3.8) is 0 Å². The molecule has 2 atom stereocenters. The van der Waals surface area contributed by atoms with Gasteiger partial charge in [0, 0.05) is 30.1 Å². The van der Waals surface area contributed by atoms with Crippen LogP contribution in [0.15, 0.2) is 4.42 Å². The second-order valence-corrected chi connectivity index (χ2v) is 5.09. The van der Waals surface area contributed by atoms with Crippen molar-refractivity contribution in [2.45, 2.75) is 45.2 Å². The van der Waals surface area contributed by atoms with Gasteiger partial charge >= 0.3 is 0 Å². The fourth-order valence-corrected chi connectivity index (χ4v) is 3.29. The Morgan fingerprint density at radius 3 is 2.82 bits per heavy atom. The van der Waals surface area contributed by atoms with Crippen LogP contribution in [0.1, 0.15) is 41.5 Å². The van der Waals surface area contributed by atoms with Crippen LogP contribution in [0, 0.1) is 13.8 Å². The highest BCUT2D eigenvalue weighted by molar-refractivity contribution is 5.78. The van der Waals surface area contributed by atoms with Gasteiger partial charge in [0.1, 0.15) is 11.5 Å². The highest BCUT2D eigenvalue weighted by atomic mass is 16.3. The first-order valence-corrected chi connectivity index (χ1v) is 6.23. The fourth-order valence-electron chi connectivity index (χ4n) is 3.29. The minimum atomic E-state index is 0.0393. The molecule has 3 heterocycles. The Labute approximate surface area is 101 Å². The SMILES string of the molecule is Cc1oc(C)c2c1CCN1C(=O)CCC(N)C21. The number of carbonyl (C=O) groups is 1. The summed E-state index contributed by atoms with van der Waals surface area (Å²) in [5.74, 6) is 2.15. The average molecular weight is 234 g/mol. The molecular weight excluding hydrogens is 216 g/mol. The van der Waals surface area contributed by atoms with Crippen molar-refractivity contribution in [2.24, 2.45) is 5.73 Å². The molecule has 0 aromatic carbocycles. The number of amides is 1. The first-order valence-electron chi connectivity index (χ1n) is 6.23. The maximum Gasteiger partial charge on any atom is 0.223 e. The van der Waals surface area contributed by atoms with E-state index in [1.165, 1.54) is 11.1 Å². The van der Waals surface area contributed by atoms with Gasteiger partial charge in [-0.2, -0.15) is 0 Å². The predicted octanol–water partition coefficient (Wildman–Crippen LogP) is 1.44. The van der Waals surface area contributed by atoms with Crippen molar-refractivity contribution in [3.8, 4) is 0 Å². The van der Waals surface area contributed by atoms with Crippen molar-refractivity contribution >= 4 is 5.91 Å². The van der Waals surface area contributed by atoms with Gasteiger partial charge in [0.2, 0.25) is 5.91 Å². The van der Waals surface area contributed by atoms with Gasteiger partial charge in [-0.05, 0) is 26.7 Å². The third-order valence-corrected chi connectivity index (χ3v) is 4.09. The molecule has 0 saturated carbocycles. The minimum Gasteiger partial charge on any atom is -0.466 e. The van der Waals surface area contributed by atoms with Crippen LogP contribution >= 0.6 is 0 Å². The molecule has 0 bridgehead atoms. The molecule has 0 spiro atoms. The lowest BCUT2D eigenvalue weighted by Crippen LogP contribution is -2.51. The quantitative estimate of drug-likeness (QED) is 0.739. The Morgan fingerprint density at radius 2 is 2.06 bits per heavy atom. The summed E-state index contributed by atoms with van der Waals surface area (Å²) < 4.78 is 5.71. The topological polar surface area (TPSA) is 59.5 Å². The van der Waals surface area contributed by atoms with E-state index in [0.29, 0.717) is 6.42 Å². The zero-order valence-electron chi connectivity index (χ0n) is 10.3. The summed E-state index contributed by atoms with van der Waals surface area (Å²) in [6.07, 6.45) is 2.26. The smallest absolute Gasteiger partial charge is 0.223 e. The van der Waals surface area contributed by atoms with E-state index in [0.717, 1.165) is 30.9 Å². The summed E-state index contributed by atoms with van der Waals surface area (Å²) in [6.45, 7) is 4.75. The zero-order valence-corrected chi connectivity index (χ0v) is 10.3. The van der Waals surface area contributed by atoms with Gasteiger partial charge in [0.25, 0.3) is 0 Å². The number of furan rings is 1. The van der Waals surface area contributed by atoms with Crippen LogP contribution in [0.2, 0.25) is 0 Å². The molecule has 3 rings (SSSR count). The van der Waals surface area contributed by atoms with E-state index < -0.39 is 0 Å². The van der Waals surface area contributed by atoms with Crippen molar-refractivity contribution in [1.29, 1.82) is 0 Å². The molecule has 0 radical (unpaired) electrons. The van der Waals surface area contributed by atoms with E-state index in [2.05, 4.69) is 0 Å². The first-order chi connectivity index (χ1) is 8.09. The van der Waals surface area contributed by atoms with Crippen molar-refractivity contribution in [3.05, 3.63) is 22.6 Å². The van der Waals surface area contributed by atoms with Gasteiger partial charge in [0.15, 0.2) is 0 Å². The van der Waals surface area contributed by atoms with E-state index in [9.17, 15) is 4.79 Å². The highest BCUT2D eigenvalue weighted by Gasteiger charge is 2.41. The predicted molar refractivity (Wildman–Crippen MR) is 63.5 cm³/mol. The third-order valence-electron chi connectivity index (χ3n) is 4.09. The molecule has 1 aromatic heterocycles. The molecule has 2 aliphatic heterocycles. The van der Waals surface area contributed by atoms with E-state index in [4.69, 9.17) is 10.2 Å². The largest absolute Gasteiger partial charge is 0.466 e. The molecular formula is C13H18N2O2. The molecule has 17 heavy (non-hydrogen) atoms.